The highest BCUT2D eigenvalue weighted by molar-refractivity contribution is 8.14. The molecule has 248 valence electrons. The van der Waals surface area contributed by atoms with Crippen molar-refractivity contribution in [1.29, 1.82) is 0 Å². The van der Waals surface area contributed by atoms with Gasteiger partial charge in [-0.15, -0.1) is 0 Å². The number of hydrogen-bond donors (Lipinski definition) is 0. The molecule has 6 rings (SSSR count). The van der Waals surface area contributed by atoms with Crippen LogP contribution in [-0.4, -0.2) is 53.1 Å². The van der Waals surface area contributed by atoms with Crippen molar-refractivity contribution in [3.05, 3.63) is 11.6 Å². The summed E-state index contributed by atoms with van der Waals surface area (Å²) >= 11 is 0.905. The molecule has 4 saturated carbocycles. The van der Waals surface area contributed by atoms with Gasteiger partial charge in [-0.25, -0.2) is 4.79 Å². The maximum Gasteiger partial charge on any atom is 0.354 e. The fraction of sp³-hybridized carbons (Fsp3) is 0.806. The lowest BCUT2D eigenvalue weighted by molar-refractivity contribution is -0.181. The van der Waals surface area contributed by atoms with Crippen LogP contribution in [0.3, 0.4) is 0 Å². The van der Waals surface area contributed by atoms with Crippen molar-refractivity contribution in [3.8, 4) is 0 Å². The van der Waals surface area contributed by atoms with Crippen molar-refractivity contribution in [2.24, 2.45) is 55.4 Å². The van der Waals surface area contributed by atoms with Crippen LogP contribution in [0.25, 0.3) is 0 Å². The molecule has 9 heteroatoms. The minimum absolute atomic E-state index is 0.00652. The number of esters is 1. The maximum absolute atomic E-state index is 13.5. The molecule has 0 N–H and O–H groups in total. The Morgan fingerprint density at radius 3 is 2.36 bits per heavy atom. The summed E-state index contributed by atoms with van der Waals surface area (Å²) in [5.74, 6) is 0.105. The molecule has 8 nitrogen and oxygen atoms in total. The van der Waals surface area contributed by atoms with E-state index in [1.807, 2.05) is 0 Å². The Morgan fingerprint density at radius 2 is 1.69 bits per heavy atom. The number of thioether (sulfide) groups is 1. The lowest BCUT2D eigenvalue weighted by Gasteiger charge is -2.70. The van der Waals surface area contributed by atoms with Crippen LogP contribution in [0.1, 0.15) is 113 Å². The monoisotopic (exact) mass is 640 g/mol. The minimum Gasteiger partial charge on any atom is -0.469 e. The number of hydrogen-bond acceptors (Lipinski definition) is 8. The summed E-state index contributed by atoms with van der Waals surface area (Å²) in [5, 5.41) is 3.98. The van der Waals surface area contributed by atoms with Gasteiger partial charge in [0.15, 0.2) is 0 Å². The van der Waals surface area contributed by atoms with Crippen LogP contribution in [0.5, 0.6) is 0 Å². The lowest BCUT2D eigenvalue weighted by Crippen LogP contribution is -2.64. The number of carbonyl (C=O) groups is 4. The third-order valence-electron chi connectivity index (χ3n) is 14.4. The van der Waals surface area contributed by atoms with E-state index in [9.17, 15) is 19.2 Å². The fourth-order valence-corrected chi connectivity index (χ4v) is 12.3. The van der Waals surface area contributed by atoms with Crippen molar-refractivity contribution in [1.82, 2.24) is 4.90 Å². The van der Waals surface area contributed by atoms with Crippen LogP contribution in [0, 0.1) is 50.2 Å². The van der Waals surface area contributed by atoms with E-state index in [1.165, 1.54) is 5.57 Å². The second-order valence-corrected chi connectivity index (χ2v) is 18.0. The van der Waals surface area contributed by atoms with Gasteiger partial charge in [0.05, 0.1) is 24.0 Å². The molecule has 1 aliphatic heterocycles. The van der Waals surface area contributed by atoms with Gasteiger partial charge in [-0.2, -0.15) is 0 Å². The molecule has 0 bridgehead atoms. The zero-order valence-electron chi connectivity index (χ0n) is 28.5. The molecule has 0 aromatic rings. The van der Waals surface area contributed by atoms with Crippen LogP contribution in [-0.2, 0) is 24.0 Å². The Hall–Kier alpha value is -2.16. The number of rotatable bonds is 4. The number of nitrogens with zero attached hydrogens (tertiary/aromatic N) is 2. The molecule has 0 radical (unpaired) electrons. The highest BCUT2D eigenvalue weighted by Gasteiger charge is 2.69. The van der Waals surface area contributed by atoms with Crippen LogP contribution < -0.4 is 0 Å². The van der Waals surface area contributed by atoms with Gasteiger partial charge < -0.3 is 9.57 Å². The van der Waals surface area contributed by atoms with Gasteiger partial charge in [0.1, 0.15) is 6.54 Å². The fourth-order valence-electron chi connectivity index (χ4n) is 11.6. The first kappa shape index (κ1) is 32.8. The molecular formula is C36H52N2O6S. The van der Waals surface area contributed by atoms with Crippen molar-refractivity contribution in [2.75, 3.05) is 19.4 Å². The summed E-state index contributed by atoms with van der Waals surface area (Å²) < 4.78 is 5.52. The molecule has 45 heavy (non-hydrogen) atoms. The first-order valence-electron chi connectivity index (χ1n) is 17.0. The van der Waals surface area contributed by atoms with Gasteiger partial charge >= 0.3 is 11.9 Å². The molecule has 5 aliphatic carbocycles. The summed E-state index contributed by atoms with van der Waals surface area (Å²) in [4.78, 5) is 56.3. The van der Waals surface area contributed by atoms with Gasteiger partial charge in [-0.3, -0.25) is 19.3 Å². The van der Waals surface area contributed by atoms with E-state index in [0.717, 1.165) is 86.6 Å². The normalized spacial score (nSPS) is 42.6. The first-order valence-corrected chi connectivity index (χ1v) is 18.0. The van der Waals surface area contributed by atoms with Crippen LogP contribution >= 0.6 is 11.8 Å². The average Bonchev–Trinajstić information content (AvgIpc) is 3.28. The summed E-state index contributed by atoms with van der Waals surface area (Å²) in [6.07, 6.45) is 12.4. The van der Waals surface area contributed by atoms with Gasteiger partial charge in [-0.1, -0.05) is 77.0 Å². The number of carbonyl (C=O) groups excluding carboxylic acids is 4. The van der Waals surface area contributed by atoms with Crippen molar-refractivity contribution < 1.29 is 28.8 Å². The highest BCUT2D eigenvalue weighted by Crippen LogP contribution is 2.75. The van der Waals surface area contributed by atoms with Gasteiger partial charge in [0.2, 0.25) is 5.91 Å². The maximum atomic E-state index is 13.5. The van der Waals surface area contributed by atoms with Crippen LogP contribution in [0.4, 0.5) is 4.79 Å². The zero-order valence-corrected chi connectivity index (χ0v) is 29.4. The van der Waals surface area contributed by atoms with E-state index in [4.69, 9.17) is 9.57 Å². The Morgan fingerprint density at radius 1 is 0.978 bits per heavy atom. The number of oxime groups is 1. The molecule has 3 unspecified atom stereocenters. The third kappa shape index (κ3) is 4.70. The van der Waals surface area contributed by atoms with E-state index in [1.54, 1.807) is 7.11 Å². The number of amides is 2. The van der Waals surface area contributed by atoms with Gasteiger partial charge in [0.25, 0.3) is 5.24 Å². The van der Waals surface area contributed by atoms with E-state index in [0.29, 0.717) is 11.8 Å². The Kier molecular flexibility index (Phi) is 7.78. The third-order valence-corrected chi connectivity index (χ3v) is 15.3. The largest absolute Gasteiger partial charge is 0.469 e. The smallest absolute Gasteiger partial charge is 0.354 e. The Bertz CT molecular complexity index is 1370. The molecule has 0 aromatic carbocycles. The number of allylic oxidation sites excluding steroid dienone is 2. The summed E-state index contributed by atoms with van der Waals surface area (Å²) in [7, 11) is 1.56. The molecule has 0 aromatic heterocycles. The summed E-state index contributed by atoms with van der Waals surface area (Å²) in [5.41, 5.74) is 2.17. The van der Waals surface area contributed by atoms with E-state index in [-0.39, 0.29) is 50.6 Å². The topological polar surface area (TPSA) is 102 Å². The van der Waals surface area contributed by atoms with Crippen LogP contribution in [0.2, 0.25) is 0 Å². The average molecular weight is 641 g/mol. The van der Waals surface area contributed by atoms with E-state index in [2.05, 4.69) is 59.7 Å². The molecule has 1 heterocycles. The highest BCUT2D eigenvalue weighted by atomic mass is 32.2. The Labute approximate surface area is 272 Å². The quantitative estimate of drug-likeness (QED) is 0.135. The molecule has 7 atom stereocenters. The summed E-state index contributed by atoms with van der Waals surface area (Å²) in [6, 6.07) is 0. The first-order chi connectivity index (χ1) is 20.9. The van der Waals surface area contributed by atoms with E-state index < -0.39 is 23.2 Å². The second kappa shape index (κ2) is 10.7. The number of imide groups is 1. The summed E-state index contributed by atoms with van der Waals surface area (Å²) in [6.45, 7) is 16.4. The predicted molar refractivity (Wildman–Crippen MR) is 174 cm³/mol. The van der Waals surface area contributed by atoms with Gasteiger partial charge in [-0.05, 0) is 104 Å². The second-order valence-electron chi connectivity index (χ2n) is 17.1. The number of ether oxygens (including phenoxy) is 1. The van der Waals surface area contributed by atoms with Gasteiger partial charge in [0, 0.05) is 5.41 Å². The van der Waals surface area contributed by atoms with Crippen LogP contribution in [0.15, 0.2) is 16.8 Å². The number of methoxy groups -OCH3 is 1. The number of fused-ring (bicyclic) bond motifs is 7. The molecule has 5 fully saturated rings. The lowest BCUT2D eigenvalue weighted by atomic mass is 9.33. The molecular weight excluding hydrogens is 588 g/mol. The standard InChI is InChI=1S/C36H52N2O6S/c1-31(2)15-17-36(29(41)43-8)18-16-34(6)22(23(36)19-31)9-10-25-33(5)13-12-26(32(3,4)24(33)11-14-35(25,34)7)37-44-28(40)20-38-27(39)21-45-30(38)42/h9,23-25H,10-21H2,1-8H3/b37-26+/t23?,24?,25?,33-,34+,35+,36-/m1/s1. The van der Waals surface area contributed by atoms with Crippen molar-refractivity contribution in [3.63, 3.8) is 0 Å². The van der Waals surface area contributed by atoms with E-state index >= 15 is 0 Å². The molecule has 0 spiro atoms. The minimum atomic E-state index is -0.684. The molecule has 6 aliphatic rings. The Balaban J connectivity index is 1.27. The zero-order chi connectivity index (χ0) is 32.8. The molecule has 1 saturated heterocycles. The SMILES string of the molecule is COC(=O)[C@@]12CCC(C)(C)CC1C1=CCC3[C@]4(C)CC/C(=N\OC(=O)CN5C(=O)CSC5=O)C(C)(C)C4CC[C@]3(C)[C@@]1(C)CC2. The van der Waals surface area contributed by atoms with Crippen molar-refractivity contribution >= 4 is 40.6 Å². The predicted octanol–water partition coefficient (Wildman–Crippen LogP) is 7.56. The molecule has 2 amide bonds. The van der Waals surface area contributed by atoms with Crippen molar-refractivity contribution in [2.45, 2.75) is 113 Å².